The van der Waals surface area contributed by atoms with Crippen LogP contribution in [0.5, 0.6) is 0 Å². The minimum atomic E-state index is 0.240. The van der Waals surface area contributed by atoms with Gasteiger partial charge in [-0.3, -0.25) is 0 Å². The summed E-state index contributed by atoms with van der Waals surface area (Å²) in [6.45, 7) is 4.38. The summed E-state index contributed by atoms with van der Waals surface area (Å²) in [5.74, 6) is 0.989. The molecule has 4 nitrogen and oxygen atoms in total. The van der Waals surface area contributed by atoms with Crippen LogP contribution < -0.4 is 5.32 Å². The molecule has 21 heavy (non-hydrogen) atoms. The van der Waals surface area contributed by atoms with Gasteiger partial charge in [-0.2, -0.15) is 0 Å². The number of aromatic nitrogens is 3. The summed E-state index contributed by atoms with van der Waals surface area (Å²) in [4.78, 5) is 10.4. The third kappa shape index (κ3) is 3.28. The molecule has 1 fully saturated rings. The van der Waals surface area contributed by atoms with Gasteiger partial charge >= 0.3 is 0 Å². The number of hydrogen-bond donors (Lipinski definition) is 1. The summed E-state index contributed by atoms with van der Waals surface area (Å²) < 4.78 is 2.22. The van der Waals surface area contributed by atoms with Gasteiger partial charge in [0, 0.05) is 29.5 Å². The molecule has 0 radical (unpaired) electrons. The molecule has 1 unspecified atom stereocenters. The second kappa shape index (κ2) is 6.60. The number of nitrogens with zero attached hydrogens (tertiary/aromatic N) is 3. The number of nitrogens with one attached hydrogen (secondary N) is 1. The van der Waals surface area contributed by atoms with Crippen LogP contribution >= 0.6 is 11.3 Å². The minimum absolute atomic E-state index is 0.240. The molecule has 5 heteroatoms. The lowest BCUT2D eigenvalue weighted by Crippen LogP contribution is -2.25. The lowest BCUT2D eigenvalue weighted by Gasteiger charge is -2.24. The maximum absolute atomic E-state index is 4.57. The number of anilines is 1. The Morgan fingerprint density at radius 1 is 1.33 bits per heavy atom. The Morgan fingerprint density at radius 3 is 2.86 bits per heavy atom. The average Bonchev–Trinajstić information content (AvgIpc) is 3.16. The van der Waals surface area contributed by atoms with Gasteiger partial charge in [-0.25, -0.2) is 9.97 Å². The van der Waals surface area contributed by atoms with Gasteiger partial charge < -0.3 is 9.88 Å². The van der Waals surface area contributed by atoms with Crippen LogP contribution in [0.25, 0.3) is 0 Å². The van der Waals surface area contributed by atoms with E-state index in [-0.39, 0.29) is 6.04 Å². The zero-order chi connectivity index (χ0) is 14.7. The van der Waals surface area contributed by atoms with Gasteiger partial charge in [-0.15, -0.1) is 11.3 Å². The molecule has 0 amide bonds. The van der Waals surface area contributed by atoms with Crippen LogP contribution in [-0.2, 0) is 6.42 Å². The van der Waals surface area contributed by atoms with E-state index < -0.39 is 0 Å². The smallest absolute Gasteiger partial charge is 0.203 e. The predicted molar refractivity (Wildman–Crippen MR) is 88.0 cm³/mol. The molecule has 1 atom stereocenters. The van der Waals surface area contributed by atoms with E-state index in [0.29, 0.717) is 6.04 Å². The lowest BCUT2D eigenvalue weighted by atomic mass is 9.96. The van der Waals surface area contributed by atoms with Gasteiger partial charge in [-0.05, 0) is 26.2 Å². The van der Waals surface area contributed by atoms with Gasteiger partial charge in [0.15, 0.2) is 0 Å². The van der Waals surface area contributed by atoms with Crippen molar-refractivity contribution >= 4 is 17.3 Å². The largest absolute Gasteiger partial charge is 0.353 e. The van der Waals surface area contributed by atoms with E-state index in [1.54, 1.807) is 11.3 Å². The summed E-state index contributed by atoms with van der Waals surface area (Å²) in [5.41, 5.74) is 0. The predicted octanol–water partition coefficient (Wildman–Crippen LogP) is 4.26. The topological polar surface area (TPSA) is 42.7 Å². The first-order valence-electron chi connectivity index (χ1n) is 8.02. The van der Waals surface area contributed by atoms with Crippen molar-refractivity contribution in [3.63, 3.8) is 0 Å². The van der Waals surface area contributed by atoms with E-state index >= 15 is 0 Å². The molecule has 0 saturated heterocycles. The molecule has 0 aliphatic heterocycles. The quantitative estimate of drug-likeness (QED) is 0.897. The van der Waals surface area contributed by atoms with Crippen molar-refractivity contribution in [2.24, 2.45) is 0 Å². The van der Waals surface area contributed by atoms with Gasteiger partial charge in [0.1, 0.15) is 5.01 Å². The number of hydrogen-bond acceptors (Lipinski definition) is 4. The Balaban J connectivity index is 1.74. The van der Waals surface area contributed by atoms with Crippen LogP contribution in [0.3, 0.4) is 0 Å². The van der Waals surface area contributed by atoms with Gasteiger partial charge in [-0.1, -0.05) is 26.2 Å². The summed E-state index contributed by atoms with van der Waals surface area (Å²) in [6.07, 6.45) is 13.6. The molecular formula is C16H24N4S. The summed E-state index contributed by atoms with van der Waals surface area (Å²) in [5, 5.41) is 4.79. The Hall–Kier alpha value is -1.36. The number of thiazole rings is 1. The maximum atomic E-state index is 4.57. The van der Waals surface area contributed by atoms with E-state index in [2.05, 4.69) is 39.9 Å². The van der Waals surface area contributed by atoms with E-state index in [4.69, 9.17) is 0 Å². The summed E-state index contributed by atoms with van der Waals surface area (Å²) in [7, 11) is 0. The number of imidazole rings is 1. The first-order valence-corrected chi connectivity index (χ1v) is 8.83. The molecule has 0 bridgehead atoms. The second-order valence-corrected chi connectivity index (χ2v) is 6.98. The molecule has 1 saturated carbocycles. The van der Waals surface area contributed by atoms with Crippen molar-refractivity contribution in [2.45, 2.75) is 64.5 Å². The highest BCUT2D eigenvalue weighted by Gasteiger charge is 2.19. The molecule has 2 aromatic heterocycles. The molecule has 114 valence electrons. The van der Waals surface area contributed by atoms with Crippen molar-refractivity contribution in [3.8, 4) is 0 Å². The normalized spacial score (nSPS) is 17.8. The van der Waals surface area contributed by atoms with Crippen molar-refractivity contribution < 1.29 is 0 Å². The maximum Gasteiger partial charge on any atom is 0.203 e. The van der Waals surface area contributed by atoms with Crippen LogP contribution in [0.15, 0.2) is 18.6 Å². The van der Waals surface area contributed by atoms with Crippen LogP contribution in [0.2, 0.25) is 0 Å². The minimum Gasteiger partial charge on any atom is -0.353 e. The third-order valence-corrected chi connectivity index (χ3v) is 5.61. The van der Waals surface area contributed by atoms with E-state index in [1.807, 2.05) is 12.4 Å². The Kier molecular flexibility index (Phi) is 4.58. The Bertz CT molecular complexity index is 568. The Labute approximate surface area is 130 Å². The van der Waals surface area contributed by atoms with Crippen LogP contribution in [0.1, 0.15) is 61.9 Å². The standard InChI is InChI=1S/C16H24N4S/c1-3-14-11-18-15(21-14)12(2)20-10-9-17-16(20)19-13-7-5-4-6-8-13/h9-13H,3-8H2,1-2H3,(H,17,19). The van der Waals surface area contributed by atoms with Crippen LogP contribution in [0.4, 0.5) is 5.95 Å². The number of aryl methyl sites for hydroxylation is 1. The van der Waals surface area contributed by atoms with Crippen molar-refractivity contribution in [3.05, 3.63) is 28.5 Å². The zero-order valence-corrected chi connectivity index (χ0v) is 13.7. The fraction of sp³-hybridized carbons (Fsp3) is 0.625. The molecule has 0 aromatic carbocycles. The highest BCUT2D eigenvalue weighted by Crippen LogP contribution is 2.27. The highest BCUT2D eigenvalue weighted by molar-refractivity contribution is 7.11. The van der Waals surface area contributed by atoms with Gasteiger partial charge in [0.25, 0.3) is 0 Å². The fourth-order valence-electron chi connectivity index (χ4n) is 2.97. The van der Waals surface area contributed by atoms with Crippen molar-refractivity contribution in [1.82, 2.24) is 14.5 Å². The van der Waals surface area contributed by atoms with Crippen molar-refractivity contribution in [1.29, 1.82) is 0 Å². The molecule has 2 heterocycles. The van der Waals surface area contributed by atoms with E-state index in [0.717, 1.165) is 17.4 Å². The van der Waals surface area contributed by atoms with Crippen LogP contribution in [0, 0.1) is 0 Å². The van der Waals surface area contributed by atoms with Gasteiger partial charge in [0.05, 0.1) is 6.04 Å². The molecule has 1 N–H and O–H groups in total. The highest BCUT2D eigenvalue weighted by atomic mass is 32.1. The zero-order valence-electron chi connectivity index (χ0n) is 12.9. The second-order valence-electron chi connectivity index (χ2n) is 5.83. The molecule has 0 spiro atoms. The summed E-state index contributed by atoms with van der Waals surface area (Å²) in [6, 6.07) is 0.818. The lowest BCUT2D eigenvalue weighted by molar-refractivity contribution is 0.458. The molecular weight excluding hydrogens is 280 g/mol. The van der Waals surface area contributed by atoms with E-state index in [1.165, 1.54) is 37.0 Å². The van der Waals surface area contributed by atoms with E-state index in [9.17, 15) is 0 Å². The third-order valence-electron chi connectivity index (χ3n) is 4.30. The average molecular weight is 304 g/mol. The SMILES string of the molecule is CCc1cnc(C(C)n2ccnc2NC2CCCCC2)s1. The molecule has 1 aliphatic carbocycles. The monoisotopic (exact) mass is 304 g/mol. The number of rotatable bonds is 5. The Morgan fingerprint density at radius 2 is 2.14 bits per heavy atom. The molecule has 2 aromatic rings. The van der Waals surface area contributed by atoms with Gasteiger partial charge in [0.2, 0.25) is 5.95 Å². The first-order chi connectivity index (χ1) is 10.3. The molecule has 3 rings (SSSR count). The van der Waals surface area contributed by atoms with Crippen LogP contribution in [-0.4, -0.2) is 20.6 Å². The fourth-order valence-corrected chi connectivity index (χ4v) is 3.87. The van der Waals surface area contributed by atoms with Crippen molar-refractivity contribution in [2.75, 3.05) is 5.32 Å². The first kappa shape index (κ1) is 14.6. The molecule has 1 aliphatic rings. The summed E-state index contributed by atoms with van der Waals surface area (Å²) >= 11 is 1.81.